The fraction of sp³-hybridized carbons (Fsp3) is 0.571. The van der Waals surface area contributed by atoms with Crippen LogP contribution in [-0.2, 0) is 4.74 Å². The van der Waals surface area contributed by atoms with Gasteiger partial charge in [0, 0.05) is 19.6 Å². The van der Waals surface area contributed by atoms with Crippen molar-refractivity contribution in [1.29, 1.82) is 0 Å². The first-order chi connectivity index (χ1) is 8.15. The average Bonchev–Trinajstić information content (AvgIpc) is 2.30. The quantitative estimate of drug-likeness (QED) is 0.742. The molecule has 0 heterocycles. The van der Waals surface area contributed by atoms with E-state index in [4.69, 9.17) is 9.47 Å². The summed E-state index contributed by atoms with van der Waals surface area (Å²) in [4.78, 5) is 0. The molecule has 3 heteroatoms. The van der Waals surface area contributed by atoms with Crippen LogP contribution in [0, 0.1) is 6.92 Å². The third kappa shape index (κ3) is 4.75. The Kier molecular flexibility index (Phi) is 6.01. The monoisotopic (exact) mass is 238 g/mol. The molecule has 17 heavy (non-hydrogen) atoms. The maximum absolute atomic E-state index is 9.45. The van der Waals surface area contributed by atoms with Crippen LogP contribution in [0.5, 0.6) is 5.75 Å². The highest BCUT2D eigenvalue weighted by Crippen LogP contribution is 2.22. The van der Waals surface area contributed by atoms with Gasteiger partial charge in [-0.3, -0.25) is 0 Å². The van der Waals surface area contributed by atoms with Crippen molar-refractivity contribution in [3.8, 4) is 5.75 Å². The van der Waals surface area contributed by atoms with Crippen LogP contribution >= 0.6 is 0 Å². The zero-order valence-electron chi connectivity index (χ0n) is 10.9. The van der Waals surface area contributed by atoms with Crippen LogP contribution in [-0.4, -0.2) is 24.9 Å². The van der Waals surface area contributed by atoms with E-state index in [0.29, 0.717) is 6.61 Å². The van der Waals surface area contributed by atoms with Gasteiger partial charge >= 0.3 is 0 Å². The number of hydrogen-bond acceptors (Lipinski definition) is 3. The van der Waals surface area contributed by atoms with Crippen molar-refractivity contribution < 1.29 is 14.6 Å². The minimum atomic E-state index is -0.430. The van der Waals surface area contributed by atoms with Crippen LogP contribution in [0.25, 0.3) is 0 Å². The molecular weight excluding hydrogens is 216 g/mol. The number of rotatable bonds is 7. The van der Waals surface area contributed by atoms with E-state index in [9.17, 15) is 5.11 Å². The van der Waals surface area contributed by atoms with Crippen molar-refractivity contribution in [1.82, 2.24) is 0 Å². The molecule has 1 aromatic carbocycles. The molecule has 1 rings (SSSR count). The second-order valence-electron chi connectivity index (χ2n) is 4.10. The molecule has 0 spiro atoms. The van der Waals surface area contributed by atoms with E-state index >= 15 is 0 Å². The summed E-state index contributed by atoms with van der Waals surface area (Å²) in [6.45, 7) is 7.89. The molecule has 0 aromatic heterocycles. The van der Waals surface area contributed by atoms with E-state index < -0.39 is 6.10 Å². The molecule has 0 aliphatic carbocycles. The van der Waals surface area contributed by atoms with Crippen molar-refractivity contribution in [2.75, 3.05) is 19.8 Å². The standard InChI is InChI=1S/C14H22O3/c1-4-16-8-5-9-17-14-7-6-13(12(3)15)10-11(14)2/h6-7,10,12,15H,4-5,8-9H2,1-3H3/t12-/m0/s1. The molecule has 0 amide bonds. The van der Waals surface area contributed by atoms with Crippen molar-refractivity contribution >= 4 is 0 Å². The summed E-state index contributed by atoms with van der Waals surface area (Å²) in [5.74, 6) is 0.880. The van der Waals surface area contributed by atoms with Gasteiger partial charge in [0.2, 0.25) is 0 Å². The molecule has 96 valence electrons. The van der Waals surface area contributed by atoms with E-state index in [2.05, 4.69) is 0 Å². The van der Waals surface area contributed by atoms with Gasteiger partial charge in [-0.15, -0.1) is 0 Å². The third-order valence-corrected chi connectivity index (χ3v) is 2.58. The Morgan fingerprint density at radius 3 is 2.65 bits per heavy atom. The first kappa shape index (κ1) is 14.0. The van der Waals surface area contributed by atoms with E-state index in [1.54, 1.807) is 6.92 Å². The molecule has 0 bridgehead atoms. The maximum atomic E-state index is 9.45. The first-order valence-electron chi connectivity index (χ1n) is 6.14. The zero-order valence-corrected chi connectivity index (χ0v) is 10.9. The summed E-state index contributed by atoms with van der Waals surface area (Å²) < 4.78 is 10.9. The summed E-state index contributed by atoms with van der Waals surface area (Å²) in [5, 5.41) is 9.45. The fourth-order valence-electron chi connectivity index (χ4n) is 1.58. The number of aliphatic hydroxyl groups is 1. The number of hydrogen-bond donors (Lipinski definition) is 1. The second kappa shape index (κ2) is 7.30. The van der Waals surface area contributed by atoms with Crippen LogP contribution < -0.4 is 4.74 Å². The molecule has 0 aliphatic rings. The van der Waals surface area contributed by atoms with Crippen molar-refractivity contribution in [3.05, 3.63) is 29.3 Å². The SMILES string of the molecule is CCOCCCOc1ccc([C@H](C)O)cc1C. The molecule has 0 unspecified atom stereocenters. The molecule has 1 atom stereocenters. The molecule has 1 aromatic rings. The highest BCUT2D eigenvalue weighted by Gasteiger charge is 2.04. The smallest absolute Gasteiger partial charge is 0.122 e. The topological polar surface area (TPSA) is 38.7 Å². The normalized spacial score (nSPS) is 12.5. The lowest BCUT2D eigenvalue weighted by molar-refractivity contribution is 0.130. The van der Waals surface area contributed by atoms with Gasteiger partial charge in [-0.1, -0.05) is 6.07 Å². The van der Waals surface area contributed by atoms with Crippen LogP contribution in [0.2, 0.25) is 0 Å². The lowest BCUT2D eigenvalue weighted by Gasteiger charge is -2.11. The zero-order chi connectivity index (χ0) is 12.7. The summed E-state index contributed by atoms with van der Waals surface area (Å²) in [5.41, 5.74) is 1.98. The van der Waals surface area contributed by atoms with Crippen molar-refractivity contribution in [3.63, 3.8) is 0 Å². The Labute approximate surface area is 103 Å². The van der Waals surface area contributed by atoms with Gasteiger partial charge in [-0.25, -0.2) is 0 Å². The highest BCUT2D eigenvalue weighted by atomic mass is 16.5. The molecule has 0 saturated carbocycles. The molecule has 0 aliphatic heterocycles. The Hall–Kier alpha value is -1.06. The average molecular weight is 238 g/mol. The van der Waals surface area contributed by atoms with Crippen LogP contribution in [0.4, 0.5) is 0 Å². The summed E-state index contributed by atoms with van der Waals surface area (Å²) in [7, 11) is 0. The minimum absolute atomic E-state index is 0.430. The van der Waals surface area contributed by atoms with E-state index in [-0.39, 0.29) is 0 Å². The van der Waals surface area contributed by atoms with Gasteiger partial charge in [-0.2, -0.15) is 0 Å². The van der Waals surface area contributed by atoms with Crippen LogP contribution in [0.3, 0.4) is 0 Å². The third-order valence-electron chi connectivity index (χ3n) is 2.58. The van der Waals surface area contributed by atoms with Crippen molar-refractivity contribution in [2.24, 2.45) is 0 Å². The van der Waals surface area contributed by atoms with Gasteiger partial charge in [0.1, 0.15) is 5.75 Å². The maximum Gasteiger partial charge on any atom is 0.122 e. The number of aryl methyl sites for hydroxylation is 1. The predicted octanol–water partition coefficient (Wildman–Crippen LogP) is 2.85. The lowest BCUT2D eigenvalue weighted by atomic mass is 10.1. The summed E-state index contributed by atoms with van der Waals surface area (Å²) in [6.07, 6.45) is 0.464. The van der Waals surface area contributed by atoms with Gasteiger partial charge in [0.15, 0.2) is 0 Å². The summed E-state index contributed by atoms with van der Waals surface area (Å²) in [6, 6.07) is 5.77. The first-order valence-corrected chi connectivity index (χ1v) is 6.14. The number of aliphatic hydroxyl groups excluding tert-OH is 1. The number of ether oxygens (including phenoxy) is 2. The molecule has 1 N–H and O–H groups in total. The summed E-state index contributed by atoms with van der Waals surface area (Å²) >= 11 is 0. The van der Waals surface area contributed by atoms with Crippen LogP contribution in [0.15, 0.2) is 18.2 Å². The van der Waals surface area contributed by atoms with Gasteiger partial charge in [0.25, 0.3) is 0 Å². The Morgan fingerprint density at radius 2 is 2.06 bits per heavy atom. The molecule has 0 radical (unpaired) electrons. The number of benzene rings is 1. The van der Waals surface area contributed by atoms with E-state index in [0.717, 1.165) is 36.5 Å². The molecular formula is C14H22O3. The lowest BCUT2D eigenvalue weighted by Crippen LogP contribution is -2.04. The predicted molar refractivity (Wildman–Crippen MR) is 68.4 cm³/mol. The van der Waals surface area contributed by atoms with Gasteiger partial charge < -0.3 is 14.6 Å². The minimum Gasteiger partial charge on any atom is -0.493 e. The van der Waals surface area contributed by atoms with Gasteiger partial charge in [-0.05, 0) is 44.0 Å². The fourth-order valence-corrected chi connectivity index (χ4v) is 1.58. The molecule has 0 fully saturated rings. The largest absolute Gasteiger partial charge is 0.493 e. The van der Waals surface area contributed by atoms with E-state index in [1.165, 1.54) is 0 Å². The Balaban J connectivity index is 2.43. The molecule has 0 saturated heterocycles. The Bertz CT molecular complexity index is 334. The Morgan fingerprint density at radius 1 is 1.29 bits per heavy atom. The highest BCUT2D eigenvalue weighted by molar-refractivity contribution is 5.36. The van der Waals surface area contributed by atoms with Gasteiger partial charge in [0.05, 0.1) is 12.7 Å². The van der Waals surface area contributed by atoms with E-state index in [1.807, 2.05) is 32.0 Å². The second-order valence-corrected chi connectivity index (χ2v) is 4.10. The molecule has 3 nitrogen and oxygen atoms in total. The van der Waals surface area contributed by atoms with Crippen LogP contribution in [0.1, 0.15) is 37.5 Å². The van der Waals surface area contributed by atoms with Crippen molar-refractivity contribution in [2.45, 2.75) is 33.3 Å².